The molecule has 270 valence electrons. The predicted molar refractivity (Wildman–Crippen MR) is 248 cm³/mol. The van der Waals surface area contributed by atoms with Gasteiger partial charge >= 0.3 is 0 Å². The third-order valence-electron chi connectivity index (χ3n) is 13.7. The maximum absolute atomic E-state index is 2.59. The zero-order chi connectivity index (χ0) is 38.1. The van der Waals surface area contributed by atoms with Gasteiger partial charge in [-0.2, -0.15) is 0 Å². The van der Waals surface area contributed by atoms with Crippen molar-refractivity contribution in [2.45, 2.75) is 0 Å². The highest BCUT2D eigenvalue weighted by Gasteiger charge is 2.42. The SMILES string of the molecule is c1ccc(-n2c3ccccc3c3cc4c5c(c6ccccc6n5-c5cccc6c5B4c4ccc(-n5c7ccccc7c7ccccc75)c5c7ccccc7n-6c45)c32)cc1. The molecule has 5 heteroatoms. The van der Waals surface area contributed by atoms with Crippen LogP contribution in [0.15, 0.2) is 188 Å². The Morgan fingerprint density at radius 1 is 0.288 bits per heavy atom. The summed E-state index contributed by atoms with van der Waals surface area (Å²) in [7, 11) is 0. The van der Waals surface area contributed by atoms with Crippen molar-refractivity contribution in [1.82, 2.24) is 18.3 Å². The molecule has 2 aliphatic heterocycles. The number of para-hydroxylation sites is 6. The number of rotatable bonds is 2. The molecule has 0 unspecified atom stereocenters. The molecule has 9 aromatic carbocycles. The van der Waals surface area contributed by atoms with E-state index in [0.717, 1.165) is 0 Å². The van der Waals surface area contributed by atoms with Crippen LogP contribution in [-0.2, 0) is 0 Å². The minimum atomic E-state index is 0.0234. The van der Waals surface area contributed by atoms with Gasteiger partial charge in [-0.25, -0.2) is 0 Å². The maximum Gasteiger partial charge on any atom is 0.252 e. The quantitative estimate of drug-likeness (QED) is 0.157. The van der Waals surface area contributed by atoms with Gasteiger partial charge in [-0.15, -0.1) is 0 Å². The minimum absolute atomic E-state index is 0.0234. The van der Waals surface area contributed by atoms with Gasteiger partial charge in [0.15, 0.2) is 0 Å². The van der Waals surface area contributed by atoms with Crippen LogP contribution in [0.1, 0.15) is 0 Å². The highest BCUT2D eigenvalue weighted by atomic mass is 15.1. The molecule has 0 saturated heterocycles. The molecular formula is C54H31BN4. The molecule has 6 heterocycles. The summed E-state index contributed by atoms with van der Waals surface area (Å²) < 4.78 is 10.2. The van der Waals surface area contributed by atoms with Gasteiger partial charge in [-0.05, 0) is 77.1 Å². The Kier molecular flexibility index (Phi) is 5.46. The van der Waals surface area contributed by atoms with Crippen LogP contribution < -0.4 is 16.4 Å². The molecule has 0 aliphatic carbocycles. The molecule has 0 spiro atoms. The van der Waals surface area contributed by atoms with Crippen LogP contribution in [0.25, 0.3) is 110 Å². The molecule has 2 aliphatic rings. The van der Waals surface area contributed by atoms with Gasteiger partial charge < -0.3 is 18.3 Å². The summed E-state index contributed by atoms with van der Waals surface area (Å²) in [6.45, 7) is 0.0234. The smallest absolute Gasteiger partial charge is 0.252 e. The topological polar surface area (TPSA) is 19.7 Å². The number of benzene rings is 9. The van der Waals surface area contributed by atoms with Crippen LogP contribution >= 0.6 is 0 Å². The van der Waals surface area contributed by atoms with Crippen molar-refractivity contribution in [2.24, 2.45) is 0 Å². The van der Waals surface area contributed by atoms with Gasteiger partial charge in [-0.1, -0.05) is 127 Å². The maximum atomic E-state index is 2.59. The molecular weight excluding hydrogens is 715 g/mol. The normalized spacial score (nSPS) is 13.1. The second kappa shape index (κ2) is 10.6. The number of nitrogens with zero attached hydrogens (tertiary/aromatic N) is 4. The fourth-order valence-corrected chi connectivity index (χ4v) is 11.6. The van der Waals surface area contributed by atoms with Crippen LogP contribution in [0.5, 0.6) is 0 Å². The lowest BCUT2D eigenvalue weighted by molar-refractivity contribution is 1.14. The molecule has 0 N–H and O–H groups in total. The van der Waals surface area contributed by atoms with E-state index in [0.29, 0.717) is 0 Å². The monoisotopic (exact) mass is 746 g/mol. The third-order valence-corrected chi connectivity index (χ3v) is 13.7. The Labute approximate surface area is 338 Å². The first-order valence-corrected chi connectivity index (χ1v) is 20.6. The van der Waals surface area contributed by atoms with Crippen molar-refractivity contribution < 1.29 is 0 Å². The van der Waals surface area contributed by atoms with Crippen LogP contribution in [-0.4, -0.2) is 25.0 Å². The Morgan fingerprint density at radius 3 is 1.37 bits per heavy atom. The molecule has 0 radical (unpaired) electrons. The van der Waals surface area contributed by atoms with E-state index in [1.54, 1.807) is 0 Å². The second-order valence-electron chi connectivity index (χ2n) is 16.4. The van der Waals surface area contributed by atoms with E-state index < -0.39 is 0 Å². The van der Waals surface area contributed by atoms with Gasteiger partial charge in [0.05, 0.1) is 49.8 Å². The van der Waals surface area contributed by atoms with Gasteiger partial charge in [0, 0.05) is 60.2 Å². The standard InChI is InChI=1S/C54H31BN4/c1-2-15-32(16-3-1)56-41-22-9-6-19-35(41)38-31-40-54-50(52(38)56)37-21-8-13-26-45(37)59(54)48-28-14-27-47-51(48)55(40)39-29-30-46(49-36-20-7-12-25-44(36)58(47)53(39)49)57-42-23-10-4-17-33(42)34-18-5-11-24-43(34)57/h1-31H. The Bertz CT molecular complexity index is 3970. The lowest BCUT2D eigenvalue weighted by Crippen LogP contribution is -2.59. The molecule has 15 rings (SSSR count). The minimum Gasteiger partial charge on any atom is -0.310 e. The van der Waals surface area contributed by atoms with Gasteiger partial charge in [0.2, 0.25) is 0 Å². The summed E-state index contributed by atoms with van der Waals surface area (Å²) in [6.07, 6.45) is 0. The molecule has 0 saturated carbocycles. The summed E-state index contributed by atoms with van der Waals surface area (Å²) >= 11 is 0. The van der Waals surface area contributed by atoms with Crippen molar-refractivity contribution in [3.8, 4) is 22.7 Å². The fraction of sp³-hybridized carbons (Fsp3) is 0. The van der Waals surface area contributed by atoms with Crippen molar-refractivity contribution in [3.63, 3.8) is 0 Å². The summed E-state index contributed by atoms with van der Waals surface area (Å²) in [6, 6.07) is 70.2. The van der Waals surface area contributed by atoms with Crippen LogP contribution in [0.3, 0.4) is 0 Å². The second-order valence-corrected chi connectivity index (χ2v) is 16.4. The van der Waals surface area contributed by atoms with E-state index in [-0.39, 0.29) is 6.71 Å². The van der Waals surface area contributed by atoms with E-state index in [1.807, 2.05) is 0 Å². The lowest BCUT2D eigenvalue weighted by atomic mass is 9.34. The van der Waals surface area contributed by atoms with Crippen molar-refractivity contribution in [3.05, 3.63) is 188 Å². The predicted octanol–water partition coefficient (Wildman–Crippen LogP) is 11.2. The number of aromatic nitrogens is 4. The van der Waals surface area contributed by atoms with E-state index in [9.17, 15) is 0 Å². The Morgan fingerprint density at radius 2 is 0.763 bits per heavy atom. The highest BCUT2D eigenvalue weighted by Crippen LogP contribution is 2.45. The molecule has 0 bridgehead atoms. The average molecular weight is 747 g/mol. The average Bonchev–Trinajstić information content (AvgIpc) is 4.03. The summed E-state index contributed by atoms with van der Waals surface area (Å²) in [5, 5.41) is 10.3. The lowest BCUT2D eigenvalue weighted by Gasteiger charge is -2.34. The van der Waals surface area contributed by atoms with Crippen molar-refractivity contribution in [1.29, 1.82) is 0 Å². The van der Waals surface area contributed by atoms with Crippen molar-refractivity contribution >= 4 is 110 Å². The molecule has 4 nitrogen and oxygen atoms in total. The van der Waals surface area contributed by atoms with Crippen molar-refractivity contribution in [2.75, 3.05) is 0 Å². The van der Waals surface area contributed by atoms with E-state index in [4.69, 9.17) is 0 Å². The highest BCUT2D eigenvalue weighted by molar-refractivity contribution is 7.00. The zero-order valence-electron chi connectivity index (χ0n) is 31.8. The molecule has 59 heavy (non-hydrogen) atoms. The van der Waals surface area contributed by atoms with Gasteiger partial charge in [0.1, 0.15) is 0 Å². The van der Waals surface area contributed by atoms with Crippen LogP contribution in [0.4, 0.5) is 0 Å². The van der Waals surface area contributed by atoms with E-state index in [1.165, 1.54) is 126 Å². The summed E-state index contributed by atoms with van der Waals surface area (Å²) in [5.74, 6) is 0. The first kappa shape index (κ1) is 30.4. The molecule has 0 amide bonds. The van der Waals surface area contributed by atoms with Gasteiger partial charge in [0.25, 0.3) is 6.71 Å². The van der Waals surface area contributed by atoms with E-state index in [2.05, 4.69) is 206 Å². The van der Waals surface area contributed by atoms with Crippen LogP contribution in [0.2, 0.25) is 0 Å². The Balaban J connectivity index is 1.15. The molecule has 13 aromatic rings. The first-order valence-electron chi connectivity index (χ1n) is 20.6. The van der Waals surface area contributed by atoms with E-state index >= 15 is 0 Å². The summed E-state index contributed by atoms with van der Waals surface area (Å²) in [5.41, 5.74) is 19.0. The fourth-order valence-electron chi connectivity index (χ4n) is 11.6. The molecule has 4 aromatic heterocycles. The van der Waals surface area contributed by atoms with Crippen LogP contribution in [0, 0.1) is 0 Å². The third kappa shape index (κ3) is 3.52. The number of hydrogen-bond acceptors (Lipinski definition) is 0. The van der Waals surface area contributed by atoms with Gasteiger partial charge in [-0.3, -0.25) is 0 Å². The number of hydrogen-bond donors (Lipinski definition) is 0. The zero-order valence-corrected chi connectivity index (χ0v) is 31.8. The molecule has 0 fully saturated rings. The largest absolute Gasteiger partial charge is 0.310 e. The molecule has 0 atom stereocenters. The Hall–Kier alpha value is -7.76. The first-order chi connectivity index (χ1) is 29.3. The number of fused-ring (bicyclic) bond motifs is 17. The summed E-state index contributed by atoms with van der Waals surface area (Å²) in [4.78, 5) is 0.